The smallest absolute Gasteiger partial charge is 0.229 e. The first kappa shape index (κ1) is 22.1. The SMILES string of the molecule is COc1cc2c(=O)c(-c3ccc(O)cc3)coc2cc1O[C@@H]1O[C@@H](CO)[C@H](O)[C@@H](O)[C@@H]1O. The zero-order chi connectivity index (χ0) is 23.0. The van der Waals surface area contributed by atoms with E-state index in [1.165, 1.54) is 37.6 Å². The number of phenolic OH excluding ortho intramolecular Hbond substituents is 1. The summed E-state index contributed by atoms with van der Waals surface area (Å²) in [5, 5.41) is 49.1. The third-order valence-corrected chi connectivity index (χ3v) is 5.33. The van der Waals surface area contributed by atoms with Gasteiger partial charge in [-0.1, -0.05) is 12.1 Å². The van der Waals surface area contributed by atoms with E-state index in [4.69, 9.17) is 18.6 Å². The Bertz CT molecular complexity index is 1150. The maximum atomic E-state index is 13.0. The molecule has 5 N–H and O–H groups in total. The normalized spacial score (nSPS) is 25.6. The van der Waals surface area contributed by atoms with Crippen molar-refractivity contribution in [2.24, 2.45) is 0 Å². The van der Waals surface area contributed by atoms with Crippen LogP contribution in [-0.2, 0) is 4.74 Å². The van der Waals surface area contributed by atoms with E-state index in [9.17, 15) is 30.3 Å². The first-order chi connectivity index (χ1) is 15.3. The van der Waals surface area contributed by atoms with Crippen LogP contribution in [0.1, 0.15) is 0 Å². The van der Waals surface area contributed by atoms with Crippen molar-refractivity contribution in [3.05, 3.63) is 52.9 Å². The fourth-order valence-electron chi connectivity index (χ4n) is 3.52. The molecule has 1 aliphatic heterocycles. The molecule has 1 fully saturated rings. The molecule has 10 nitrogen and oxygen atoms in total. The van der Waals surface area contributed by atoms with Gasteiger partial charge in [0.05, 0.1) is 24.7 Å². The zero-order valence-electron chi connectivity index (χ0n) is 16.9. The quantitative estimate of drug-likeness (QED) is 0.370. The maximum Gasteiger partial charge on any atom is 0.229 e. The number of fused-ring (bicyclic) bond motifs is 1. The summed E-state index contributed by atoms with van der Waals surface area (Å²) >= 11 is 0. The standard InChI is InChI=1S/C22H22O10/c1-29-15-6-12-14(30-9-13(18(12)25)10-2-4-11(24)5-3-10)7-16(15)31-22-21(28)20(27)19(26)17(8-23)32-22/h2-7,9,17,19-24,26-28H,8H2,1H3/t17-,19-,20+,21-,22+/m0/s1. The van der Waals surface area contributed by atoms with Crippen LogP contribution in [0.15, 0.2) is 51.9 Å². The summed E-state index contributed by atoms with van der Waals surface area (Å²) in [5.74, 6) is 0.241. The molecule has 0 aliphatic carbocycles. The number of aliphatic hydroxyl groups excluding tert-OH is 4. The highest BCUT2D eigenvalue weighted by Gasteiger charge is 2.45. The lowest BCUT2D eigenvalue weighted by molar-refractivity contribution is -0.277. The first-order valence-electron chi connectivity index (χ1n) is 9.74. The molecule has 0 saturated carbocycles. The topological polar surface area (TPSA) is 159 Å². The lowest BCUT2D eigenvalue weighted by Gasteiger charge is -2.39. The van der Waals surface area contributed by atoms with Gasteiger partial charge in [0.25, 0.3) is 0 Å². The van der Waals surface area contributed by atoms with E-state index < -0.39 is 37.3 Å². The molecule has 0 amide bonds. The number of phenols is 1. The van der Waals surface area contributed by atoms with Crippen LogP contribution in [0.3, 0.4) is 0 Å². The van der Waals surface area contributed by atoms with Crippen molar-refractivity contribution < 1.29 is 44.2 Å². The minimum atomic E-state index is -1.61. The number of hydrogen-bond acceptors (Lipinski definition) is 10. The molecule has 1 aromatic heterocycles. The maximum absolute atomic E-state index is 13.0. The van der Waals surface area contributed by atoms with Gasteiger partial charge >= 0.3 is 0 Å². The molecular weight excluding hydrogens is 424 g/mol. The number of methoxy groups -OCH3 is 1. The van der Waals surface area contributed by atoms with Crippen LogP contribution in [-0.4, -0.2) is 70.0 Å². The average Bonchev–Trinajstić information content (AvgIpc) is 2.80. The molecule has 0 spiro atoms. The van der Waals surface area contributed by atoms with Gasteiger partial charge in [-0.15, -0.1) is 0 Å². The molecule has 5 atom stereocenters. The molecule has 32 heavy (non-hydrogen) atoms. The molecule has 0 bridgehead atoms. The van der Waals surface area contributed by atoms with E-state index in [1.807, 2.05) is 0 Å². The molecule has 10 heteroatoms. The molecule has 2 heterocycles. The minimum Gasteiger partial charge on any atom is -0.508 e. The Hall–Kier alpha value is -3.15. The van der Waals surface area contributed by atoms with Crippen LogP contribution < -0.4 is 14.9 Å². The van der Waals surface area contributed by atoms with Crippen LogP contribution >= 0.6 is 0 Å². The minimum absolute atomic E-state index is 0.0462. The summed E-state index contributed by atoms with van der Waals surface area (Å²) in [6.07, 6.45) is -6.04. The Morgan fingerprint density at radius 1 is 1.00 bits per heavy atom. The lowest BCUT2D eigenvalue weighted by Crippen LogP contribution is -2.60. The molecule has 0 unspecified atom stereocenters. The van der Waals surface area contributed by atoms with Gasteiger partial charge in [0, 0.05) is 6.07 Å². The van der Waals surface area contributed by atoms with Crippen molar-refractivity contribution >= 4 is 11.0 Å². The second-order valence-corrected chi connectivity index (χ2v) is 7.34. The van der Waals surface area contributed by atoms with Gasteiger partial charge in [0.1, 0.15) is 42.0 Å². The zero-order valence-corrected chi connectivity index (χ0v) is 16.9. The molecule has 4 rings (SSSR count). The summed E-state index contributed by atoms with van der Waals surface area (Å²) < 4.78 is 21.9. The average molecular weight is 446 g/mol. The summed E-state index contributed by atoms with van der Waals surface area (Å²) in [4.78, 5) is 13.0. The van der Waals surface area contributed by atoms with Crippen LogP contribution in [0.4, 0.5) is 0 Å². The van der Waals surface area contributed by atoms with Crippen molar-refractivity contribution in [1.82, 2.24) is 0 Å². The number of ether oxygens (including phenoxy) is 3. The van der Waals surface area contributed by atoms with Gasteiger partial charge < -0.3 is 44.2 Å². The number of rotatable bonds is 5. The molecule has 170 valence electrons. The van der Waals surface area contributed by atoms with Crippen LogP contribution in [0.25, 0.3) is 22.1 Å². The van der Waals surface area contributed by atoms with E-state index in [2.05, 4.69) is 0 Å². The van der Waals surface area contributed by atoms with Gasteiger partial charge in [0.15, 0.2) is 11.5 Å². The van der Waals surface area contributed by atoms with Crippen LogP contribution in [0, 0.1) is 0 Å². The number of aromatic hydroxyl groups is 1. The Labute approximate surface area is 181 Å². The van der Waals surface area contributed by atoms with Gasteiger partial charge in [0.2, 0.25) is 11.7 Å². The second kappa shape index (κ2) is 8.77. The summed E-state index contributed by atoms with van der Waals surface area (Å²) in [6, 6.07) is 8.86. The van der Waals surface area contributed by atoms with Crippen molar-refractivity contribution in [2.75, 3.05) is 13.7 Å². The molecule has 1 saturated heterocycles. The van der Waals surface area contributed by atoms with E-state index in [-0.39, 0.29) is 39.2 Å². The Morgan fingerprint density at radius 2 is 1.72 bits per heavy atom. The highest BCUT2D eigenvalue weighted by molar-refractivity contribution is 5.84. The second-order valence-electron chi connectivity index (χ2n) is 7.34. The molecular formula is C22H22O10. The van der Waals surface area contributed by atoms with Gasteiger partial charge in [-0.05, 0) is 23.8 Å². The fourth-order valence-corrected chi connectivity index (χ4v) is 3.52. The number of benzene rings is 2. The van der Waals surface area contributed by atoms with E-state index in [0.717, 1.165) is 0 Å². The van der Waals surface area contributed by atoms with E-state index in [0.29, 0.717) is 5.56 Å². The largest absolute Gasteiger partial charge is 0.508 e. The Balaban J connectivity index is 1.71. The van der Waals surface area contributed by atoms with Crippen LogP contribution in [0.5, 0.6) is 17.2 Å². The van der Waals surface area contributed by atoms with Crippen LogP contribution in [0.2, 0.25) is 0 Å². The first-order valence-corrected chi connectivity index (χ1v) is 9.74. The lowest BCUT2D eigenvalue weighted by atomic mass is 9.99. The van der Waals surface area contributed by atoms with Crippen molar-refractivity contribution in [3.63, 3.8) is 0 Å². The third kappa shape index (κ3) is 3.90. The predicted molar refractivity (Wildman–Crippen MR) is 111 cm³/mol. The fraction of sp³-hybridized carbons (Fsp3) is 0.318. The summed E-state index contributed by atoms with van der Waals surface area (Å²) in [6.45, 7) is -0.603. The van der Waals surface area contributed by atoms with E-state index in [1.54, 1.807) is 12.1 Å². The van der Waals surface area contributed by atoms with Gasteiger partial charge in [-0.25, -0.2) is 0 Å². The summed E-state index contributed by atoms with van der Waals surface area (Å²) in [5.41, 5.74) is 0.661. The Morgan fingerprint density at radius 3 is 2.38 bits per heavy atom. The molecule has 2 aromatic carbocycles. The number of hydrogen-bond donors (Lipinski definition) is 5. The van der Waals surface area contributed by atoms with Crippen molar-refractivity contribution in [3.8, 4) is 28.4 Å². The van der Waals surface area contributed by atoms with Gasteiger partial charge in [-0.2, -0.15) is 0 Å². The van der Waals surface area contributed by atoms with Gasteiger partial charge in [-0.3, -0.25) is 4.79 Å². The van der Waals surface area contributed by atoms with E-state index >= 15 is 0 Å². The highest BCUT2D eigenvalue weighted by Crippen LogP contribution is 2.35. The van der Waals surface area contributed by atoms with Crippen molar-refractivity contribution in [1.29, 1.82) is 0 Å². The third-order valence-electron chi connectivity index (χ3n) is 5.33. The Kier molecular flexibility index (Phi) is 6.04. The highest BCUT2D eigenvalue weighted by atomic mass is 16.7. The molecule has 3 aromatic rings. The monoisotopic (exact) mass is 446 g/mol. The van der Waals surface area contributed by atoms with Crippen molar-refractivity contribution in [2.45, 2.75) is 30.7 Å². The summed E-state index contributed by atoms with van der Waals surface area (Å²) in [7, 11) is 1.35. The predicted octanol–water partition coefficient (Wildman–Crippen LogP) is 0.353. The molecule has 1 aliphatic rings. The number of aliphatic hydroxyl groups is 4. The molecule has 0 radical (unpaired) electrons.